The highest BCUT2D eigenvalue weighted by Gasteiger charge is 2.27. The van der Waals surface area contributed by atoms with Crippen LogP contribution in [-0.2, 0) is 11.4 Å². The third-order valence-electron chi connectivity index (χ3n) is 4.28. The molecule has 2 heterocycles. The van der Waals surface area contributed by atoms with E-state index in [0.717, 1.165) is 22.6 Å². The van der Waals surface area contributed by atoms with Gasteiger partial charge in [0.15, 0.2) is 0 Å². The van der Waals surface area contributed by atoms with E-state index in [1.54, 1.807) is 23.5 Å². The SMILES string of the molecule is O=C1C[C@@H](c2ccc(OCc3ccc(F)cc3)cc2)c2sccc2N1. The summed E-state index contributed by atoms with van der Waals surface area (Å²) in [5, 5.41) is 4.92. The number of anilines is 1. The Labute approximate surface area is 149 Å². The highest BCUT2D eigenvalue weighted by atomic mass is 32.1. The van der Waals surface area contributed by atoms with Crippen LogP contribution in [0.2, 0.25) is 0 Å². The highest BCUT2D eigenvalue weighted by Crippen LogP contribution is 2.40. The first-order valence-electron chi connectivity index (χ1n) is 8.03. The van der Waals surface area contributed by atoms with Gasteiger partial charge in [-0.3, -0.25) is 4.79 Å². The smallest absolute Gasteiger partial charge is 0.225 e. The van der Waals surface area contributed by atoms with Crippen LogP contribution >= 0.6 is 11.3 Å². The zero-order valence-corrected chi connectivity index (χ0v) is 14.2. The van der Waals surface area contributed by atoms with Crippen LogP contribution in [0, 0.1) is 5.82 Å². The number of benzene rings is 2. The maximum absolute atomic E-state index is 12.9. The van der Waals surface area contributed by atoms with E-state index in [9.17, 15) is 9.18 Å². The summed E-state index contributed by atoms with van der Waals surface area (Å²) < 4.78 is 18.7. The van der Waals surface area contributed by atoms with E-state index >= 15 is 0 Å². The summed E-state index contributed by atoms with van der Waals surface area (Å²) in [5.74, 6) is 0.639. The van der Waals surface area contributed by atoms with Crippen LogP contribution in [0.25, 0.3) is 0 Å². The Morgan fingerprint density at radius 2 is 1.84 bits per heavy atom. The molecule has 0 unspecified atom stereocenters. The molecule has 1 N–H and O–H groups in total. The first kappa shape index (κ1) is 15.8. The van der Waals surface area contributed by atoms with E-state index in [-0.39, 0.29) is 17.6 Å². The largest absolute Gasteiger partial charge is 0.489 e. The minimum absolute atomic E-state index is 0.0486. The molecule has 0 spiro atoms. The van der Waals surface area contributed by atoms with Gasteiger partial charge in [-0.2, -0.15) is 0 Å². The lowest BCUT2D eigenvalue weighted by Gasteiger charge is -2.23. The number of halogens is 1. The standard InChI is InChI=1S/C20H16FNO2S/c21-15-5-1-13(2-6-15)12-24-16-7-3-14(4-8-16)17-11-19(23)22-18-9-10-25-20(17)18/h1-10,17H,11-12H2,(H,22,23)/t17-/m0/s1. The van der Waals surface area contributed by atoms with Gasteiger partial charge in [0.1, 0.15) is 18.2 Å². The molecule has 0 radical (unpaired) electrons. The van der Waals surface area contributed by atoms with Gasteiger partial charge in [0.25, 0.3) is 0 Å². The maximum atomic E-state index is 12.9. The summed E-state index contributed by atoms with van der Waals surface area (Å²) in [6, 6.07) is 16.1. The molecular formula is C20H16FNO2S. The molecule has 1 aliphatic heterocycles. The molecule has 1 atom stereocenters. The van der Waals surface area contributed by atoms with Crippen molar-refractivity contribution in [2.45, 2.75) is 18.9 Å². The molecule has 0 saturated carbocycles. The Morgan fingerprint density at radius 3 is 2.60 bits per heavy atom. The highest BCUT2D eigenvalue weighted by molar-refractivity contribution is 7.10. The second-order valence-electron chi connectivity index (χ2n) is 5.99. The Hall–Kier alpha value is -2.66. The van der Waals surface area contributed by atoms with Gasteiger partial charge in [-0.1, -0.05) is 24.3 Å². The van der Waals surface area contributed by atoms with Crippen LogP contribution in [0.15, 0.2) is 60.0 Å². The molecule has 1 aliphatic rings. The average molecular weight is 353 g/mol. The van der Waals surface area contributed by atoms with E-state index in [1.807, 2.05) is 35.7 Å². The third kappa shape index (κ3) is 3.42. The lowest BCUT2D eigenvalue weighted by atomic mass is 9.91. The van der Waals surface area contributed by atoms with Crippen molar-refractivity contribution < 1.29 is 13.9 Å². The van der Waals surface area contributed by atoms with E-state index in [0.29, 0.717) is 13.0 Å². The topological polar surface area (TPSA) is 38.3 Å². The van der Waals surface area contributed by atoms with Crippen molar-refractivity contribution in [1.29, 1.82) is 0 Å². The third-order valence-corrected chi connectivity index (χ3v) is 5.31. The molecule has 1 aromatic heterocycles. The second kappa shape index (κ2) is 6.69. The minimum Gasteiger partial charge on any atom is -0.489 e. The number of rotatable bonds is 4. The Bertz CT molecular complexity index is 887. The van der Waals surface area contributed by atoms with Crippen LogP contribution in [0.1, 0.15) is 28.3 Å². The Balaban J connectivity index is 1.47. The van der Waals surface area contributed by atoms with Crippen molar-refractivity contribution >= 4 is 22.9 Å². The lowest BCUT2D eigenvalue weighted by molar-refractivity contribution is -0.116. The molecule has 5 heteroatoms. The summed E-state index contributed by atoms with van der Waals surface area (Å²) in [5.41, 5.74) is 2.94. The van der Waals surface area contributed by atoms with E-state index in [4.69, 9.17) is 4.74 Å². The summed E-state index contributed by atoms with van der Waals surface area (Å²) in [7, 11) is 0. The minimum atomic E-state index is -0.252. The number of hydrogen-bond donors (Lipinski definition) is 1. The summed E-state index contributed by atoms with van der Waals surface area (Å²) in [6.07, 6.45) is 0.462. The number of nitrogens with one attached hydrogen (secondary N) is 1. The number of carbonyl (C=O) groups is 1. The number of fused-ring (bicyclic) bond motifs is 1. The fraction of sp³-hybridized carbons (Fsp3) is 0.150. The average Bonchev–Trinajstić information content (AvgIpc) is 3.09. The first-order chi connectivity index (χ1) is 12.2. The molecule has 3 nitrogen and oxygen atoms in total. The second-order valence-corrected chi connectivity index (χ2v) is 6.94. The van der Waals surface area contributed by atoms with Crippen molar-refractivity contribution in [3.8, 4) is 5.75 Å². The molecule has 3 aromatic rings. The van der Waals surface area contributed by atoms with Gasteiger partial charge < -0.3 is 10.1 Å². The van der Waals surface area contributed by atoms with Gasteiger partial charge in [-0.15, -0.1) is 11.3 Å². The van der Waals surface area contributed by atoms with Crippen LogP contribution in [0.3, 0.4) is 0 Å². The molecule has 1 amide bonds. The summed E-state index contributed by atoms with van der Waals surface area (Å²) in [6.45, 7) is 0.389. The van der Waals surface area contributed by atoms with Crippen LogP contribution in [-0.4, -0.2) is 5.91 Å². The maximum Gasteiger partial charge on any atom is 0.225 e. The van der Waals surface area contributed by atoms with Crippen molar-refractivity contribution in [3.63, 3.8) is 0 Å². The fourth-order valence-electron chi connectivity index (χ4n) is 2.99. The molecule has 2 aromatic carbocycles. The predicted molar refractivity (Wildman–Crippen MR) is 96.6 cm³/mol. The van der Waals surface area contributed by atoms with Crippen LogP contribution < -0.4 is 10.1 Å². The van der Waals surface area contributed by atoms with Crippen molar-refractivity contribution in [1.82, 2.24) is 0 Å². The fourth-order valence-corrected chi connectivity index (χ4v) is 3.97. The van der Waals surface area contributed by atoms with Gasteiger partial charge in [0.05, 0.1) is 5.69 Å². The molecule has 25 heavy (non-hydrogen) atoms. The summed E-state index contributed by atoms with van der Waals surface area (Å²) in [4.78, 5) is 13.1. The van der Waals surface area contributed by atoms with E-state index in [2.05, 4.69) is 5.32 Å². The van der Waals surface area contributed by atoms with Crippen molar-refractivity contribution in [2.75, 3.05) is 5.32 Å². The van der Waals surface area contributed by atoms with Gasteiger partial charge in [0.2, 0.25) is 5.91 Å². The Kier molecular flexibility index (Phi) is 4.24. The molecule has 0 bridgehead atoms. The van der Waals surface area contributed by atoms with Gasteiger partial charge in [-0.05, 0) is 46.8 Å². The van der Waals surface area contributed by atoms with Gasteiger partial charge in [0, 0.05) is 17.2 Å². The zero-order valence-electron chi connectivity index (χ0n) is 13.4. The van der Waals surface area contributed by atoms with Gasteiger partial charge >= 0.3 is 0 Å². The molecule has 0 aliphatic carbocycles. The zero-order chi connectivity index (χ0) is 17.2. The van der Waals surface area contributed by atoms with Crippen LogP contribution in [0.5, 0.6) is 5.75 Å². The molecule has 4 rings (SSSR count). The number of thiophene rings is 1. The van der Waals surface area contributed by atoms with Gasteiger partial charge in [-0.25, -0.2) is 4.39 Å². The lowest BCUT2D eigenvalue weighted by Crippen LogP contribution is -2.21. The molecular weight excluding hydrogens is 337 g/mol. The predicted octanol–water partition coefficient (Wildman–Crippen LogP) is 4.94. The number of hydrogen-bond acceptors (Lipinski definition) is 3. The van der Waals surface area contributed by atoms with Crippen molar-refractivity contribution in [3.05, 3.63) is 81.8 Å². The van der Waals surface area contributed by atoms with E-state index < -0.39 is 0 Å². The molecule has 126 valence electrons. The van der Waals surface area contributed by atoms with Crippen LogP contribution in [0.4, 0.5) is 10.1 Å². The summed E-state index contributed by atoms with van der Waals surface area (Å²) >= 11 is 1.67. The van der Waals surface area contributed by atoms with Crippen molar-refractivity contribution in [2.24, 2.45) is 0 Å². The van der Waals surface area contributed by atoms with E-state index in [1.165, 1.54) is 17.0 Å². The Morgan fingerprint density at radius 1 is 1.08 bits per heavy atom. The monoisotopic (exact) mass is 353 g/mol. The quantitative estimate of drug-likeness (QED) is 0.721. The number of carbonyl (C=O) groups excluding carboxylic acids is 1. The normalized spacial score (nSPS) is 16.2. The molecule has 0 fully saturated rings. The first-order valence-corrected chi connectivity index (χ1v) is 8.91. The number of amides is 1. The number of ether oxygens (including phenoxy) is 1. The molecule has 0 saturated heterocycles.